The van der Waals surface area contributed by atoms with E-state index in [0.29, 0.717) is 12.5 Å². The summed E-state index contributed by atoms with van der Waals surface area (Å²) in [6, 6.07) is 34.7. The van der Waals surface area contributed by atoms with E-state index in [9.17, 15) is 5.26 Å². The fourth-order valence-electron chi connectivity index (χ4n) is 6.52. The van der Waals surface area contributed by atoms with Crippen LogP contribution in [0.4, 0.5) is 0 Å². The summed E-state index contributed by atoms with van der Waals surface area (Å²) in [4.78, 5) is 2.55. The Morgan fingerprint density at radius 3 is 2.00 bits per heavy atom. The van der Waals surface area contributed by atoms with Gasteiger partial charge in [-0.05, 0) is 61.4 Å². The number of likely N-dealkylation sites (tertiary alicyclic amines) is 1. The number of piperidine rings is 1. The van der Waals surface area contributed by atoms with Gasteiger partial charge in [0.1, 0.15) is 0 Å². The van der Waals surface area contributed by atoms with Gasteiger partial charge in [0.2, 0.25) is 0 Å². The second-order valence-corrected chi connectivity index (χ2v) is 10.3. The van der Waals surface area contributed by atoms with E-state index >= 15 is 0 Å². The molecule has 0 spiro atoms. The molecule has 5 rings (SSSR count). The van der Waals surface area contributed by atoms with Gasteiger partial charge in [0.25, 0.3) is 0 Å². The fraction of sp³-hybridized carbons (Fsp3) is 0.406. The number of rotatable bonds is 8. The molecule has 3 unspecified atom stereocenters. The summed E-state index contributed by atoms with van der Waals surface area (Å²) < 4.78 is 6.56. The van der Waals surface area contributed by atoms with Crippen LogP contribution in [0.1, 0.15) is 48.8 Å². The van der Waals surface area contributed by atoms with Crippen LogP contribution in [0.15, 0.2) is 91.0 Å². The summed E-state index contributed by atoms with van der Waals surface area (Å²) >= 11 is 0. The molecule has 2 fully saturated rings. The topological polar surface area (TPSA) is 36.3 Å². The van der Waals surface area contributed by atoms with Crippen molar-refractivity contribution < 1.29 is 4.74 Å². The maximum absolute atomic E-state index is 10.9. The third kappa shape index (κ3) is 5.20. The Labute approximate surface area is 210 Å². The minimum Gasteiger partial charge on any atom is -0.373 e. The summed E-state index contributed by atoms with van der Waals surface area (Å²) in [6.45, 7) is 3.69. The van der Waals surface area contributed by atoms with E-state index in [0.717, 1.165) is 51.7 Å². The van der Waals surface area contributed by atoms with Gasteiger partial charge in [0, 0.05) is 12.5 Å². The van der Waals surface area contributed by atoms with Gasteiger partial charge in [-0.15, -0.1) is 0 Å². The second-order valence-electron chi connectivity index (χ2n) is 10.3. The molecule has 1 aliphatic carbocycles. The first kappa shape index (κ1) is 23.8. The van der Waals surface area contributed by atoms with Crippen molar-refractivity contribution in [2.45, 2.75) is 56.8 Å². The predicted octanol–water partition coefficient (Wildman–Crippen LogP) is 6.75. The van der Waals surface area contributed by atoms with Gasteiger partial charge in [-0.25, -0.2) is 0 Å². The normalized spacial score (nSPS) is 22.9. The fourth-order valence-corrected chi connectivity index (χ4v) is 6.52. The lowest BCUT2D eigenvalue weighted by Gasteiger charge is -2.46. The molecule has 1 saturated carbocycles. The molecule has 3 aromatic rings. The van der Waals surface area contributed by atoms with Crippen LogP contribution >= 0.6 is 0 Å². The Hall–Kier alpha value is -2.93. The van der Waals surface area contributed by atoms with Crippen LogP contribution < -0.4 is 0 Å². The van der Waals surface area contributed by atoms with Crippen LogP contribution in [0.25, 0.3) is 0 Å². The van der Waals surface area contributed by atoms with E-state index in [1.54, 1.807) is 0 Å². The van der Waals surface area contributed by atoms with Gasteiger partial charge < -0.3 is 4.74 Å². The molecular formula is C32H36N2O. The number of hydrogen-bond donors (Lipinski definition) is 0. The van der Waals surface area contributed by atoms with Crippen LogP contribution in [-0.2, 0) is 23.3 Å². The number of hydrogen-bond acceptors (Lipinski definition) is 3. The summed E-state index contributed by atoms with van der Waals surface area (Å²) in [5, 5.41) is 10.9. The first-order valence-electron chi connectivity index (χ1n) is 13.2. The van der Waals surface area contributed by atoms with E-state index < -0.39 is 5.41 Å². The largest absolute Gasteiger partial charge is 0.373 e. The zero-order chi connectivity index (χ0) is 23.9. The standard InChI is InChI=1S/C32H36N2O/c33-25-32(28-15-8-3-9-16-28,29-19-21-34(22-20-29)23-26-11-4-1-5-12-26)30-17-10-18-31(30)35-24-27-13-6-2-7-14-27/h1-9,11-16,29-31H,10,17-24H2. The molecule has 1 heterocycles. The Kier molecular flexibility index (Phi) is 7.62. The second kappa shape index (κ2) is 11.2. The van der Waals surface area contributed by atoms with E-state index in [1.165, 1.54) is 16.7 Å². The molecule has 0 bridgehead atoms. The molecule has 0 N–H and O–H groups in total. The summed E-state index contributed by atoms with van der Waals surface area (Å²) in [6.07, 6.45) is 5.46. The van der Waals surface area contributed by atoms with E-state index in [-0.39, 0.29) is 12.0 Å². The van der Waals surface area contributed by atoms with Crippen molar-refractivity contribution >= 4 is 0 Å². The Balaban J connectivity index is 1.36. The maximum Gasteiger partial charge on any atom is 0.0904 e. The van der Waals surface area contributed by atoms with Crippen molar-refractivity contribution in [3.8, 4) is 6.07 Å². The van der Waals surface area contributed by atoms with Crippen molar-refractivity contribution in [1.29, 1.82) is 5.26 Å². The van der Waals surface area contributed by atoms with E-state index in [2.05, 4.69) is 95.9 Å². The highest BCUT2D eigenvalue weighted by Gasteiger charge is 2.52. The third-order valence-electron chi connectivity index (χ3n) is 8.26. The molecule has 35 heavy (non-hydrogen) atoms. The molecule has 0 aromatic heterocycles. The Morgan fingerprint density at radius 2 is 1.37 bits per heavy atom. The van der Waals surface area contributed by atoms with Gasteiger partial charge in [-0.3, -0.25) is 4.90 Å². The van der Waals surface area contributed by atoms with Crippen molar-refractivity contribution in [3.63, 3.8) is 0 Å². The Morgan fingerprint density at radius 1 is 0.771 bits per heavy atom. The van der Waals surface area contributed by atoms with Crippen LogP contribution in [0, 0.1) is 23.2 Å². The quantitative estimate of drug-likeness (QED) is 0.370. The molecule has 0 amide bonds. The smallest absolute Gasteiger partial charge is 0.0904 e. The Bertz CT molecular complexity index is 1090. The minimum atomic E-state index is -0.502. The zero-order valence-electron chi connectivity index (χ0n) is 20.6. The van der Waals surface area contributed by atoms with Crippen molar-refractivity contribution in [3.05, 3.63) is 108 Å². The monoisotopic (exact) mass is 464 g/mol. The van der Waals surface area contributed by atoms with Gasteiger partial charge in [-0.1, -0.05) is 97.4 Å². The number of benzene rings is 3. The van der Waals surface area contributed by atoms with Crippen molar-refractivity contribution in [2.24, 2.45) is 11.8 Å². The average Bonchev–Trinajstić information content (AvgIpc) is 3.40. The highest BCUT2D eigenvalue weighted by Crippen LogP contribution is 2.51. The maximum atomic E-state index is 10.9. The molecule has 0 radical (unpaired) electrons. The number of nitrogens with zero attached hydrogens (tertiary/aromatic N) is 2. The summed E-state index contributed by atoms with van der Waals surface area (Å²) in [5.41, 5.74) is 3.25. The van der Waals surface area contributed by atoms with Crippen LogP contribution in [0.2, 0.25) is 0 Å². The third-order valence-corrected chi connectivity index (χ3v) is 8.26. The van der Waals surface area contributed by atoms with Gasteiger partial charge >= 0.3 is 0 Å². The molecule has 3 heteroatoms. The van der Waals surface area contributed by atoms with Crippen molar-refractivity contribution in [1.82, 2.24) is 4.90 Å². The zero-order valence-corrected chi connectivity index (χ0v) is 20.6. The molecule has 3 nitrogen and oxygen atoms in total. The van der Waals surface area contributed by atoms with Crippen LogP contribution in [0.3, 0.4) is 0 Å². The van der Waals surface area contributed by atoms with E-state index in [4.69, 9.17) is 4.74 Å². The van der Waals surface area contributed by atoms with Gasteiger partial charge in [0.05, 0.1) is 24.2 Å². The van der Waals surface area contributed by atoms with Crippen LogP contribution in [0.5, 0.6) is 0 Å². The van der Waals surface area contributed by atoms with E-state index in [1.807, 2.05) is 6.07 Å². The summed E-state index contributed by atoms with van der Waals surface area (Å²) in [5.74, 6) is 0.567. The van der Waals surface area contributed by atoms with Gasteiger partial charge in [0.15, 0.2) is 0 Å². The minimum absolute atomic E-state index is 0.123. The highest BCUT2D eigenvalue weighted by molar-refractivity contribution is 5.36. The average molecular weight is 465 g/mol. The molecule has 1 saturated heterocycles. The number of ether oxygens (including phenoxy) is 1. The first-order valence-corrected chi connectivity index (χ1v) is 13.2. The molecular weight excluding hydrogens is 428 g/mol. The molecule has 3 aromatic carbocycles. The number of nitriles is 1. The molecule has 3 atom stereocenters. The lowest BCUT2D eigenvalue weighted by molar-refractivity contribution is -0.0170. The molecule has 1 aliphatic heterocycles. The lowest BCUT2D eigenvalue weighted by atomic mass is 9.59. The van der Waals surface area contributed by atoms with Gasteiger partial charge in [-0.2, -0.15) is 5.26 Å². The summed E-state index contributed by atoms with van der Waals surface area (Å²) in [7, 11) is 0. The highest BCUT2D eigenvalue weighted by atomic mass is 16.5. The lowest BCUT2D eigenvalue weighted by Crippen LogP contribution is -2.49. The van der Waals surface area contributed by atoms with Crippen LogP contribution in [-0.4, -0.2) is 24.1 Å². The molecule has 180 valence electrons. The predicted molar refractivity (Wildman–Crippen MR) is 141 cm³/mol. The van der Waals surface area contributed by atoms with Crippen molar-refractivity contribution in [2.75, 3.05) is 13.1 Å². The SMILES string of the molecule is N#CC(c1ccccc1)(C1CCN(Cc2ccccc2)CC1)C1CCCC1OCc1ccccc1. The first-order chi connectivity index (χ1) is 17.3. The molecule has 2 aliphatic rings.